The fraction of sp³-hybridized carbons (Fsp3) is 0.600. The molecule has 0 bridgehead atoms. The summed E-state index contributed by atoms with van der Waals surface area (Å²) in [4.78, 5) is 18.1. The number of aromatic nitrogens is 2. The van der Waals surface area contributed by atoms with Crippen molar-refractivity contribution in [2.45, 2.75) is 18.2 Å². The van der Waals surface area contributed by atoms with Gasteiger partial charge >= 0.3 is 0 Å². The molecule has 0 saturated carbocycles. The van der Waals surface area contributed by atoms with Crippen LogP contribution in [0.15, 0.2) is 17.2 Å². The van der Waals surface area contributed by atoms with E-state index in [2.05, 4.69) is 27.8 Å². The predicted octanol–water partition coefficient (Wildman–Crippen LogP) is 1.39. The zero-order valence-corrected chi connectivity index (χ0v) is 10.9. The third-order valence-electron chi connectivity index (χ3n) is 2.22. The van der Waals surface area contributed by atoms with E-state index in [-0.39, 0.29) is 5.56 Å². The molecule has 0 aromatic carbocycles. The first-order chi connectivity index (χ1) is 7.02. The topological polar surface area (TPSA) is 38.1 Å². The van der Waals surface area contributed by atoms with Gasteiger partial charge in [-0.25, -0.2) is 4.98 Å². The molecule has 0 aliphatic rings. The highest BCUT2D eigenvalue weighted by Gasteiger charge is 2.08. The van der Waals surface area contributed by atoms with Gasteiger partial charge in [0.2, 0.25) is 0 Å². The standard InChI is InChI=1S/C10H16BrN3O/c1-8(11)4-6-13(2)9-10(15)14(3)7-5-12-9/h5,7-8H,4,6H2,1-3H3. The lowest BCUT2D eigenvalue weighted by molar-refractivity contribution is 0.755. The Morgan fingerprint density at radius 1 is 1.67 bits per heavy atom. The molecular formula is C10H16BrN3O. The highest BCUT2D eigenvalue weighted by atomic mass is 79.9. The van der Waals surface area contributed by atoms with Gasteiger partial charge in [0.25, 0.3) is 5.56 Å². The van der Waals surface area contributed by atoms with Gasteiger partial charge in [-0.2, -0.15) is 0 Å². The molecule has 0 aliphatic heterocycles. The van der Waals surface area contributed by atoms with Crippen LogP contribution in [0, 0.1) is 0 Å². The van der Waals surface area contributed by atoms with Gasteiger partial charge in [0.1, 0.15) is 0 Å². The summed E-state index contributed by atoms with van der Waals surface area (Å²) in [5.74, 6) is 0.508. The lowest BCUT2D eigenvalue weighted by Gasteiger charge is -2.18. The van der Waals surface area contributed by atoms with Crippen LogP contribution in [0.2, 0.25) is 0 Å². The SMILES string of the molecule is CC(Br)CCN(C)c1nccn(C)c1=O. The van der Waals surface area contributed by atoms with Gasteiger partial charge in [-0.3, -0.25) is 4.79 Å². The van der Waals surface area contributed by atoms with E-state index >= 15 is 0 Å². The Balaban J connectivity index is 2.78. The van der Waals surface area contributed by atoms with Crippen molar-refractivity contribution >= 4 is 21.7 Å². The minimum atomic E-state index is -0.0535. The summed E-state index contributed by atoms with van der Waals surface area (Å²) in [7, 11) is 3.62. The molecule has 1 unspecified atom stereocenters. The number of nitrogens with zero attached hydrogens (tertiary/aromatic N) is 3. The fourth-order valence-corrected chi connectivity index (χ4v) is 1.43. The molecule has 1 heterocycles. The average molecular weight is 274 g/mol. The Morgan fingerprint density at radius 3 is 2.93 bits per heavy atom. The van der Waals surface area contributed by atoms with E-state index in [1.165, 1.54) is 4.57 Å². The number of rotatable bonds is 4. The summed E-state index contributed by atoms with van der Waals surface area (Å²) in [5, 5.41) is 0. The van der Waals surface area contributed by atoms with Gasteiger partial charge in [-0.15, -0.1) is 0 Å². The van der Waals surface area contributed by atoms with Gasteiger partial charge in [0.15, 0.2) is 5.82 Å². The number of hydrogen-bond acceptors (Lipinski definition) is 3. The van der Waals surface area contributed by atoms with Crippen LogP contribution in [-0.4, -0.2) is 28.0 Å². The van der Waals surface area contributed by atoms with E-state index in [0.717, 1.165) is 13.0 Å². The van der Waals surface area contributed by atoms with Crippen LogP contribution >= 0.6 is 15.9 Å². The van der Waals surface area contributed by atoms with Crippen molar-refractivity contribution < 1.29 is 0 Å². The van der Waals surface area contributed by atoms with Crippen LogP contribution in [-0.2, 0) is 7.05 Å². The second kappa shape index (κ2) is 5.30. The zero-order valence-electron chi connectivity index (χ0n) is 9.27. The quantitative estimate of drug-likeness (QED) is 0.779. The van der Waals surface area contributed by atoms with Crippen molar-refractivity contribution in [1.29, 1.82) is 0 Å². The Morgan fingerprint density at radius 2 is 2.33 bits per heavy atom. The maximum atomic E-state index is 11.7. The Kier molecular flexibility index (Phi) is 4.32. The molecule has 0 amide bonds. The third-order valence-corrected chi connectivity index (χ3v) is 2.68. The normalized spacial score (nSPS) is 12.5. The lowest BCUT2D eigenvalue weighted by atomic mass is 10.3. The van der Waals surface area contributed by atoms with Crippen LogP contribution < -0.4 is 10.5 Å². The summed E-state index contributed by atoms with van der Waals surface area (Å²) >= 11 is 3.48. The highest BCUT2D eigenvalue weighted by molar-refractivity contribution is 9.09. The molecule has 4 nitrogen and oxygen atoms in total. The fourth-order valence-electron chi connectivity index (χ4n) is 1.22. The van der Waals surface area contributed by atoms with E-state index < -0.39 is 0 Å². The minimum absolute atomic E-state index is 0.0535. The number of hydrogen-bond donors (Lipinski definition) is 0. The number of anilines is 1. The van der Waals surface area contributed by atoms with Crippen LogP contribution in [0.3, 0.4) is 0 Å². The lowest BCUT2D eigenvalue weighted by Crippen LogP contribution is -2.30. The summed E-state index contributed by atoms with van der Waals surface area (Å²) < 4.78 is 1.54. The van der Waals surface area contributed by atoms with Crippen molar-refractivity contribution in [1.82, 2.24) is 9.55 Å². The second-order valence-corrected chi connectivity index (χ2v) is 5.22. The summed E-state index contributed by atoms with van der Waals surface area (Å²) in [5.41, 5.74) is -0.0535. The van der Waals surface area contributed by atoms with Gasteiger partial charge in [0.05, 0.1) is 0 Å². The van der Waals surface area contributed by atoms with Crippen LogP contribution in [0.5, 0.6) is 0 Å². The van der Waals surface area contributed by atoms with Gasteiger partial charge in [-0.05, 0) is 6.42 Å². The Bertz CT molecular complexity index is 375. The van der Waals surface area contributed by atoms with Crippen molar-refractivity contribution in [2.75, 3.05) is 18.5 Å². The maximum absolute atomic E-state index is 11.7. The van der Waals surface area contributed by atoms with Gasteiger partial charge in [0, 0.05) is 37.9 Å². The van der Waals surface area contributed by atoms with Crippen LogP contribution in [0.4, 0.5) is 5.82 Å². The molecule has 0 N–H and O–H groups in total. The molecule has 1 atom stereocenters. The zero-order chi connectivity index (χ0) is 11.4. The molecule has 0 aliphatic carbocycles. The van der Waals surface area contributed by atoms with Crippen molar-refractivity contribution in [3.8, 4) is 0 Å². The first kappa shape index (κ1) is 12.2. The molecule has 0 spiro atoms. The van der Waals surface area contributed by atoms with Gasteiger partial charge < -0.3 is 9.47 Å². The maximum Gasteiger partial charge on any atom is 0.293 e. The molecule has 0 fully saturated rings. The Hall–Kier alpha value is -0.840. The Labute approximate surface area is 98.1 Å². The minimum Gasteiger partial charge on any atom is -0.355 e. The molecule has 15 heavy (non-hydrogen) atoms. The largest absolute Gasteiger partial charge is 0.355 e. The van der Waals surface area contributed by atoms with E-state index in [9.17, 15) is 4.79 Å². The van der Waals surface area contributed by atoms with E-state index in [0.29, 0.717) is 10.6 Å². The predicted molar refractivity (Wildman–Crippen MR) is 65.8 cm³/mol. The first-order valence-electron chi connectivity index (χ1n) is 4.89. The molecule has 1 aromatic heterocycles. The molecule has 1 rings (SSSR count). The van der Waals surface area contributed by atoms with Crippen molar-refractivity contribution in [3.63, 3.8) is 0 Å². The average Bonchev–Trinajstić information content (AvgIpc) is 2.18. The first-order valence-corrected chi connectivity index (χ1v) is 5.80. The summed E-state index contributed by atoms with van der Waals surface area (Å²) in [6.07, 6.45) is 4.29. The monoisotopic (exact) mass is 273 g/mol. The smallest absolute Gasteiger partial charge is 0.293 e. The van der Waals surface area contributed by atoms with E-state index in [1.807, 2.05) is 11.9 Å². The number of aryl methyl sites for hydroxylation is 1. The van der Waals surface area contributed by atoms with Crippen LogP contribution in [0.25, 0.3) is 0 Å². The van der Waals surface area contributed by atoms with Crippen LogP contribution in [0.1, 0.15) is 13.3 Å². The molecule has 0 saturated heterocycles. The molecule has 5 heteroatoms. The second-order valence-electron chi connectivity index (χ2n) is 3.66. The highest BCUT2D eigenvalue weighted by Crippen LogP contribution is 2.07. The number of alkyl halides is 1. The van der Waals surface area contributed by atoms with E-state index in [4.69, 9.17) is 0 Å². The molecule has 1 aromatic rings. The molecular weight excluding hydrogens is 258 g/mol. The summed E-state index contributed by atoms with van der Waals surface area (Å²) in [6, 6.07) is 0. The summed E-state index contributed by atoms with van der Waals surface area (Å²) in [6.45, 7) is 2.91. The molecule has 84 valence electrons. The van der Waals surface area contributed by atoms with Crippen molar-refractivity contribution in [2.24, 2.45) is 7.05 Å². The number of halogens is 1. The third kappa shape index (κ3) is 3.34. The van der Waals surface area contributed by atoms with Crippen molar-refractivity contribution in [3.05, 3.63) is 22.7 Å². The van der Waals surface area contributed by atoms with Gasteiger partial charge in [-0.1, -0.05) is 22.9 Å². The van der Waals surface area contributed by atoms with E-state index in [1.54, 1.807) is 19.4 Å². The molecule has 0 radical (unpaired) electrons.